The average Bonchev–Trinajstić information content (AvgIpc) is 2.45. The Bertz CT molecular complexity index is 714. The van der Waals surface area contributed by atoms with Crippen molar-refractivity contribution in [2.75, 3.05) is 11.4 Å². The largest absolute Gasteiger partial charge is 0.367 e. The average molecular weight is 370 g/mol. The van der Waals surface area contributed by atoms with Gasteiger partial charge in [-0.3, -0.25) is 4.55 Å². The molecule has 0 spiro atoms. The summed E-state index contributed by atoms with van der Waals surface area (Å²) < 4.78 is 32.5. The van der Waals surface area contributed by atoms with E-state index in [4.69, 9.17) is 4.55 Å². The zero-order valence-corrected chi connectivity index (χ0v) is 13.9. The Kier molecular flexibility index (Phi) is 5.03. The molecule has 2 aromatic rings. The second-order valence-corrected chi connectivity index (χ2v) is 6.95. The molecule has 0 saturated carbocycles. The van der Waals surface area contributed by atoms with Crippen LogP contribution in [0.15, 0.2) is 57.9 Å². The molecule has 6 heteroatoms. The summed E-state index contributed by atoms with van der Waals surface area (Å²) in [5, 5.41) is 0. The van der Waals surface area contributed by atoms with Gasteiger partial charge in [-0.2, -0.15) is 8.42 Å². The van der Waals surface area contributed by atoms with E-state index in [2.05, 4.69) is 20.8 Å². The van der Waals surface area contributed by atoms with Crippen molar-refractivity contribution >= 4 is 31.7 Å². The van der Waals surface area contributed by atoms with Crippen LogP contribution < -0.4 is 4.90 Å². The highest BCUT2D eigenvalue weighted by atomic mass is 79.9. The molecule has 0 atom stereocenters. The molecule has 0 amide bonds. The van der Waals surface area contributed by atoms with Crippen molar-refractivity contribution < 1.29 is 13.0 Å². The zero-order valence-electron chi connectivity index (χ0n) is 11.5. The predicted octanol–water partition coefficient (Wildman–Crippen LogP) is 3.72. The fourth-order valence-electron chi connectivity index (χ4n) is 2.06. The highest BCUT2D eigenvalue weighted by molar-refractivity contribution is 9.10. The number of hydrogen-bond donors (Lipinski definition) is 1. The van der Waals surface area contributed by atoms with Crippen LogP contribution in [-0.4, -0.2) is 19.5 Å². The van der Waals surface area contributed by atoms with Gasteiger partial charge in [0.15, 0.2) is 0 Å². The highest BCUT2D eigenvalue weighted by Gasteiger charge is 2.11. The maximum Gasteiger partial charge on any atom is 0.294 e. The molecule has 0 bridgehead atoms. The van der Waals surface area contributed by atoms with E-state index in [0.29, 0.717) is 6.54 Å². The first-order chi connectivity index (χ1) is 9.90. The van der Waals surface area contributed by atoms with Gasteiger partial charge in [0.1, 0.15) is 0 Å². The first kappa shape index (κ1) is 16.0. The second kappa shape index (κ2) is 6.60. The molecule has 0 aromatic heterocycles. The monoisotopic (exact) mass is 369 g/mol. The number of nitrogens with zero attached hydrogens (tertiary/aromatic N) is 1. The number of halogens is 1. The van der Waals surface area contributed by atoms with Crippen molar-refractivity contribution in [2.24, 2.45) is 0 Å². The fourth-order valence-corrected chi connectivity index (χ4v) is 2.88. The van der Waals surface area contributed by atoms with Gasteiger partial charge in [-0.1, -0.05) is 28.1 Å². The summed E-state index contributed by atoms with van der Waals surface area (Å²) in [5.41, 5.74) is 1.88. The molecular weight excluding hydrogens is 354 g/mol. The van der Waals surface area contributed by atoms with Gasteiger partial charge in [0.2, 0.25) is 0 Å². The minimum atomic E-state index is -4.16. The lowest BCUT2D eigenvalue weighted by atomic mass is 10.2. The van der Waals surface area contributed by atoms with Crippen LogP contribution in [0.2, 0.25) is 0 Å². The Morgan fingerprint density at radius 3 is 2.38 bits per heavy atom. The van der Waals surface area contributed by atoms with Gasteiger partial charge in [-0.05, 0) is 48.9 Å². The summed E-state index contributed by atoms with van der Waals surface area (Å²) >= 11 is 3.40. The molecule has 4 nitrogen and oxygen atoms in total. The Balaban J connectivity index is 2.25. The molecule has 2 rings (SSSR count). The van der Waals surface area contributed by atoms with Crippen LogP contribution in [-0.2, 0) is 16.7 Å². The maximum absolute atomic E-state index is 11.2. The molecule has 0 aliphatic rings. The standard InChI is InChI=1S/C15H16BrNO3S/c1-2-17(14-8-6-13(16)7-9-14)11-12-4-3-5-15(10-12)21(18,19)20/h3-10H,2,11H2,1H3,(H,18,19,20). The van der Waals surface area contributed by atoms with Crippen molar-refractivity contribution in [3.05, 3.63) is 58.6 Å². The molecule has 0 saturated heterocycles. The van der Waals surface area contributed by atoms with E-state index < -0.39 is 10.1 Å². The molecule has 0 aliphatic carbocycles. The topological polar surface area (TPSA) is 57.6 Å². The van der Waals surface area contributed by atoms with Crippen molar-refractivity contribution in [2.45, 2.75) is 18.4 Å². The Morgan fingerprint density at radius 1 is 1.14 bits per heavy atom. The fraction of sp³-hybridized carbons (Fsp3) is 0.200. The van der Waals surface area contributed by atoms with Crippen molar-refractivity contribution in [3.8, 4) is 0 Å². The normalized spacial score (nSPS) is 11.4. The third-order valence-corrected chi connectivity index (χ3v) is 4.52. The third-order valence-electron chi connectivity index (χ3n) is 3.14. The molecule has 0 unspecified atom stereocenters. The van der Waals surface area contributed by atoms with E-state index in [1.165, 1.54) is 12.1 Å². The Labute approximate surface area is 133 Å². The summed E-state index contributed by atoms with van der Waals surface area (Å²) in [6, 6.07) is 14.3. The van der Waals surface area contributed by atoms with Crippen LogP contribution in [0.25, 0.3) is 0 Å². The van der Waals surface area contributed by atoms with E-state index in [1.54, 1.807) is 6.07 Å². The molecule has 112 valence electrons. The van der Waals surface area contributed by atoms with Gasteiger partial charge in [0.05, 0.1) is 4.90 Å². The van der Waals surface area contributed by atoms with Crippen LogP contribution in [0.4, 0.5) is 5.69 Å². The first-order valence-corrected chi connectivity index (χ1v) is 8.70. The smallest absolute Gasteiger partial charge is 0.294 e. The van der Waals surface area contributed by atoms with E-state index in [-0.39, 0.29) is 4.90 Å². The van der Waals surface area contributed by atoms with Crippen LogP contribution >= 0.6 is 15.9 Å². The van der Waals surface area contributed by atoms with E-state index in [0.717, 1.165) is 22.3 Å². The molecular formula is C15H16BrNO3S. The van der Waals surface area contributed by atoms with Gasteiger partial charge in [-0.25, -0.2) is 0 Å². The molecule has 21 heavy (non-hydrogen) atoms. The van der Waals surface area contributed by atoms with Gasteiger partial charge < -0.3 is 4.90 Å². The zero-order chi connectivity index (χ0) is 15.5. The van der Waals surface area contributed by atoms with Crippen LogP contribution in [0.3, 0.4) is 0 Å². The lowest BCUT2D eigenvalue weighted by molar-refractivity contribution is 0.483. The van der Waals surface area contributed by atoms with Crippen LogP contribution in [0.5, 0.6) is 0 Å². The van der Waals surface area contributed by atoms with Gasteiger partial charge in [-0.15, -0.1) is 0 Å². The molecule has 1 N–H and O–H groups in total. The quantitative estimate of drug-likeness (QED) is 0.815. The Morgan fingerprint density at radius 2 is 1.81 bits per heavy atom. The molecule has 0 fully saturated rings. The number of benzene rings is 2. The van der Waals surface area contributed by atoms with E-state index in [1.807, 2.05) is 37.3 Å². The van der Waals surface area contributed by atoms with Crippen LogP contribution in [0, 0.1) is 0 Å². The van der Waals surface area contributed by atoms with Gasteiger partial charge >= 0.3 is 0 Å². The second-order valence-electron chi connectivity index (χ2n) is 4.61. The van der Waals surface area contributed by atoms with Gasteiger partial charge in [0, 0.05) is 23.2 Å². The lowest BCUT2D eigenvalue weighted by Crippen LogP contribution is -2.22. The lowest BCUT2D eigenvalue weighted by Gasteiger charge is -2.23. The third kappa shape index (κ3) is 4.30. The minimum absolute atomic E-state index is 0.0770. The molecule has 2 aromatic carbocycles. The summed E-state index contributed by atoms with van der Waals surface area (Å²) in [4.78, 5) is 2.04. The molecule has 0 aliphatic heterocycles. The number of rotatable bonds is 5. The number of hydrogen-bond acceptors (Lipinski definition) is 3. The van der Waals surface area contributed by atoms with Gasteiger partial charge in [0.25, 0.3) is 10.1 Å². The minimum Gasteiger partial charge on any atom is -0.367 e. The molecule has 0 radical (unpaired) electrons. The van der Waals surface area contributed by atoms with Crippen molar-refractivity contribution in [1.82, 2.24) is 0 Å². The van der Waals surface area contributed by atoms with E-state index >= 15 is 0 Å². The van der Waals surface area contributed by atoms with Crippen molar-refractivity contribution in [1.29, 1.82) is 0 Å². The van der Waals surface area contributed by atoms with E-state index in [9.17, 15) is 8.42 Å². The number of anilines is 1. The first-order valence-electron chi connectivity index (χ1n) is 6.47. The van der Waals surface area contributed by atoms with Crippen molar-refractivity contribution in [3.63, 3.8) is 0 Å². The summed E-state index contributed by atoms with van der Waals surface area (Å²) in [6.07, 6.45) is 0. The summed E-state index contributed by atoms with van der Waals surface area (Å²) in [5.74, 6) is 0. The summed E-state index contributed by atoms with van der Waals surface area (Å²) in [6.45, 7) is 3.40. The Hall–Kier alpha value is -1.37. The predicted molar refractivity (Wildman–Crippen MR) is 87.1 cm³/mol. The summed E-state index contributed by atoms with van der Waals surface area (Å²) in [7, 11) is -4.16. The maximum atomic E-state index is 11.2. The van der Waals surface area contributed by atoms with Crippen LogP contribution in [0.1, 0.15) is 12.5 Å². The highest BCUT2D eigenvalue weighted by Crippen LogP contribution is 2.21. The SMILES string of the molecule is CCN(Cc1cccc(S(=O)(=O)O)c1)c1ccc(Br)cc1. The molecule has 0 heterocycles.